The average molecular weight is 248 g/mol. The Hall–Kier alpha value is -1.06. The van der Waals surface area contributed by atoms with E-state index < -0.39 is 0 Å². The van der Waals surface area contributed by atoms with E-state index in [1.807, 2.05) is 12.1 Å². The van der Waals surface area contributed by atoms with Gasteiger partial charge in [0.1, 0.15) is 5.75 Å². The molecule has 0 unspecified atom stereocenters. The number of hydrogen-bond acceptors (Lipinski definition) is 3. The van der Waals surface area contributed by atoms with Crippen LogP contribution in [0.2, 0.25) is 0 Å². The van der Waals surface area contributed by atoms with Crippen molar-refractivity contribution in [1.82, 2.24) is 0 Å². The van der Waals surface area contributed by atoms with Gasteiger partial charge in [-0.1, -0.05) is 18.6 Å². The highest BCUT2D eigenvalue weighted by atomic mass is 16.5. The Morgan fingerprint density at radius 3 is 2.22 bits per heavy atom. The van der Waals surface area contributed by atoms with Gasteiger partial charge >= 0.3 is 0 Å². The summed E-state index contributed by atoms with van der Waals surface area (Å²) in [7, 11) is 1.68. The summed E-state index contributed by atoms with van der Waals surface area (Å²) in [5, 5.41) is 9.82. The van der Waals surface area contributed by atoms with Crippen LogP contribution in [0, 0.1) is 5.41 Å². The summed E-state index contributed by atoms with van der Waals surface area (Å²) in [6.45, 7) is 1.74. The van der Waals surface area contributed by atoms with E-state index in [2.05, 4.69) is 12.1 Å². The Morgan fingerprint density at radius 2 is 1.89 bits per heavy atom. The molecule has 2 aliphatic rings. The molecule has 3 rings (SSSR count). The van der Waals surface area contributed by atoms with Gasteiger partial charge in [-0.05, 0) is 30.5 Å². The number of aliphatic hydroxyl groups is 1. The topological polar surface area (TPSA) is 38.7 Å². The average Bonchev–Trinajstić information content (AvgIpc) is 2.31. The fourth-order valence-corrected chi connectivity index (χ4v) is 3.39. The Morgan fingerprint density at radius 1 is 1.22 bits per heavy atom. The molecular formula is C15H20O3. The molecule has 0 bridgehead atoms. The van der Waals surface area contributed by atoms with Gasteiger partial charge in [0.15, 0.2) is 0 Å². The Balaban J connectivity index is 1.95. The second-order valence-corrected chi connectivity index (χ2v) is 5.60. The minimum atomic E-state index is 0.0201. The highest BCUT2D eigenvalue weighted by Gasteiger charge is 2.59. The van der Waals surface area contributed by atoms with Gasteiger partial charge in [-0.2, -0.15) is 0 Å². The predicted molar refractivity (Wildman–Crippen MR) is 68.9 cm³/mol. The summed E-state index contributed by atoms with van der Waals surface area (Å²) in [6.07, 6.45) is 3.44. The molecule has 1 aliphatic heterocycles. The monoisotopic (exact) mass is 248 g/mol. The zero-order valence-corrected chi connectivity index (χ0v) is 10.8. The third-order valence-electron chi connectivity index (χ3n) is 4.97. The van der Waals surface area contributed by atoms with Crippen molar-refractivity contribution >= 4 is 0 Å². The van der Waals surface area contributed by atoms with Crippen molar-refractivity contribution < 1.29 is 14.6 Å². The molecule has 1 N–H and O–H groups in total. The van der Waals surface area contributed by atoms with Gasteiger partial charge in [-0.15, -0.1) is 0 Å². The van der Waals surface area contributed by atoms with Gasteiger partial charge in [0.05, 0.1) is 20.3 Å². The maximum Gasteiger partial charge on any atom is 0.118 e. The Kier molecular flexibility index (Phi) is 2.83. The zero-order chi connectivity index (χ0) is 12.6. The number of hydrogen-bond donors (Lipinski definition) is 1. The Labute approximate surface area is 108 Å². The lowest BCUT2D eigenvalue weighted by Gasteiger charge is -2.59. The van der Waals surface area contributed by atoms with Crippen LogP contribution >= 0.6 is 0 Å². The Bertz CT molecular complexity index is 410. The van der Waals surface area contributed by atoms with Gasteiger partial charge in [-0.3, -0.25) is 0 Å². The fourth-order valence-electron chi connectivity index (χ4n) is 3.39. The standard InChI is InChI=1S/C15H20O3/c1-17-13-5-3-12(4-6-13)15(10-18-11-15)14(9-16)7-2-8-14/h3-6,16H,2,7-11H2,1H3. The number of methoxy groups -OCH3 is 1. The van der Waals surface area contributed by atoms with Crippen LogP contribution in [0.15, 0.2) is 24.3 Å². The summed E-state index contributed by atoms with van der Waals surface area (Å²) < 4.78 is 10.7. The third kappa shape index (κ3) is 1.44. The van der Waals surface area contributed by atoms with Crippen LogP contribution in [0.5, 0.6) is 5.75 Å². The van der Waals surface area contributed by atoms with Gasteiger partial charge in [0, 0.05) is 17.4 Å². The van der Waals surface area contributed by atoms with Crippen molar-refractivity contribution in [3.8, 4) is 5.75 Å². The van der Waals surface area contributed by atoms with Crippen molar-refractivity contribution in [2.24, 2.45) is 5.41 Å². The molecule has 0 spiro atoms. The summed E-state index contributed by atoms with van der Waals surface area (Å²) in [5.74, 6) is 0.876. The second kappa shape index (κ2) is 4.25. The summed E-state index contributed by atoms with van der Waals surface area (Å²) >= 11 is 0. The summed E-state index contributed by atoms with van der Waals surface area (Å²) in [4.78, 5) is 0. The van der Waals surface area contributed by atoms with Crippen LogP contribution in [-0.2, 0) is 10.2 Å². The summed E-state index contributed by atoms with van der Waals surface area (Å²) in [6, 6.07) is 8.24. The van der Waals surface area contributed by atoms with Crippen molar-refractivity contribution in [2.45, 2.75) is 24.7 Å². The van der Waals surface area contributed by atoms with Crippen LogP contribution in [0.25, 0.3) is 0 Å². The molecule has 2 fully saturated rings. The number of ether oxygens (including phenoxy) is 2. The van der Waals surface area contributed by atoms with Crippen LogP contribution in [-0.4, -0.2) is 32.0 Å². The minimum absolute atomic E-state index is 0.0201. The van der Waals surface area contributed by atoms with E-state index in [4.69, 9.17) is 9.47 Å². The lowest BCUT2D eigenvalue weighted by atomic mass is 9.50. The van der Waals surface area contributed by atoms with Crippen molar-refractivity contribution in [3.63, 3.8) is 0 Å². The molecular weight excluding hydrogens is 228 g/mol. The van der Waals surface area contributed by atoms with E-state index in [0.29, 0.717) is 0 Å². The predicted octanol–water partition coefficient (Wildman–Crippen LogP) is 2.13. The first kappa shape index (κ1) is 12.0. The molecule has 1 aliphatic carbocycles. The molecule has 98 valence electrons. The second-order valence-electron chi connectivity index (χ2n) is 5.60. The molecule has 1 saturated heterocycles. The van der Waals surface area contributed by atoms with Crippen LogP contribution in [0.3, 0.4) is 0 Å². The van der Waals surface area contributed by atoms with E-state index in [1.54, 1.807) is 7.11 Å². The van der Waals surface area contributed by atoms with E-state index in [-0.39, 0.29) is 17.4 Å². The first-order valence-electron chi connectivity index (χ1n) is 6.60. The number of benzene rings is 1. The largest absolute Gasteiger partial charge is 0.497 e. The molecule has 1 saturated carbocycles. The lowest BCUT2D eigenvalue weighted by molar-refractivity contribution is -0.173. The first-order valence-corrected chi connectivity index (χ1v) is 6.60. The van der Waals surface area contributed by atoms with Crippen molar-refractivity contribution in [2.75, 3.05) is 26.9 Å². The molecule has 3 nitrogen and oxygen atoms in total. The molecule has 3 heteroatoms. The highest BCUT2D eigenvalue weighted by Crippen LogP contribution is 2.58. The smallest absolute Gasteiger partial charge is 0.118 e. The molecule has 0 amide bonds. The van der Waals surface area contributed by atoms with E-state index in [1.165, 1.54) is 12.0 Å². The number of rotatable bonds is 4. The quantitative estimate of drug-likeness (QED) is 0.887. The van der Waals surface area contributed by atoms with Crippen LogP contribution in [0.1, 0.15) is 24.8 Å². The van der Waals surface area contributed by atoms with Crippen molar-refractivity contribution in [1.29, 1.82) is 0 Å². The highest BCUT2D eigenvalue weighted by molar-refractivity contribution is 5.37. The lowest BCUT2D eigenvalue weighted by Crippen LogP contribution is -2.63. The molecule has 18 heavy (non-hydrogen) atoms. The third-order valence-corrected chi connectivity index (χ3v) is 4.97. The molecule has 0 radical (unpaired) electrons. The SMILES string of the molecule is COc1ccc(C2(C3(CO)CCC3)COC2)cc1. The fraction of sp³-hybridized carbons (Fsp3) is 0.600. The van der Waals surface area contributed by atoms with Crippen LogP contribution < -0.4 is 4.74 Å². The van der Waals surface area contributed by atoms with Crippen LogP contribution in [0.4, 0.5) is 0 Å². The first-order chi connectivity index (χ1) is 8.76. The van der Waals surface area contributed by atoms with E-state index >= 15 is 0 Å². The van der Waals surface area contributed by atoms with Gasteiger partial charge in [-0.25, -0.2) is 0 Å². The van der Waals surface area contributed by atoms with Gasteiger partial charge < -0.3 is 14.6 Å². The van der Waals surface area contributed by atoms with E-state index in [9.17, 15) is 5.11 Å². The maximum atomic E-state index is 9.82. The molecule has 1 heterocycles. The van der Waals surface area contributed by atoms with E-state index in [0.717, 1.165) is 31.8 Å². The molecule has 1 aromatic rings. The van der Waals surface area contributed by atoms with Crippen molar-refractivity contribution in [3.05, 3.63) is 29.8 Å². The molecule has 0 atom stereocenters. The minimum Gasteiger partial charge on any atom is -0.497 e. The molecule has 1 aromatic carbocycles. The normalized spacial score (nSPS) is 23.9. The molecule has 0 aromatic heterocycles. The maximum absolute atomic E-state index is 9.82. The van der Waals surface area contributed by atoms with Gasteiger partial charge in [0.2, 0.25) is 0 Å². The van der Waals surface area contributed by atoms with Gasteiger partial charge in [0.25, 0.3) is 0 Å². The number of aliphatic hydroxyl groups excluding tert-OH is 1. The summed E-state index contributed by atoms with van der Waals surface area (Å²) in [5.41, 5.74) is 1.34. The zero-order valence-electron chi connectivity index (χ0n) is 10.8.